The summed E-state index contributed by atoms with van der Waals surface area (Å²) in [7, 11) is 0. The summed E-state index contributed by atoms with van der Waals surface area (Å²) in [6, 6.07) is 1.56. The van der Waals surface area contributed by atoms with Crippen LogP contribution in [0.4, 0.5) is 4.39 Å². The van der Waals surface area contributed by atoms with Crippen molar-refractivity contribution in [2.45, 2.75) is 27.7 Å². The van der Waals surface area contributed by atoms with Gasteiger partial charge in [-0.1, -0.05) is 13.8 Å². The van der Waals surface area contributed by atoms with Crippen LogP contribution in [-0.4, -0.2) is 0 Å². The third-order valence-corrected chi connectivity index (χ3v) is 1.92. The highest BCUT2D eigenvalue weighted by atomic mass is 32.1. The lowest BCUT2D eigenvalue weighted by Gasteiger charge is -1.75. The zero-order valence-corrected chi connectivity index (χ0v) is 7.68. The second-order valence-corrected chi connectivity index (χ2v) is 3.22. The number of aryl methyl sites for hydroxylation is 2. The molecule has 2 heteroatoms. The maximum absolute atomic E-state index is 12.3. The van der Waals surface area contributed by atoms with Gasteiger partial charge in [-0.05, 0) is 19.9 Å². The van der Waals surface area contributed by atoms with Gasteiger partial charge >= 0.3 is 0 Å². The molecule has 1 aromatic heterocycles. The maximum Gasteiger partial charge on any atom is 0.137 e. The van der Waals surface area contributed by atoms with E-state index in [0.29, 0.717) is 0 Å². The first-order chi connectivity index (χ1) is 4.70. The monoisotopic (exact) mass is 160 g/mol. The summed E-state index contributed by atoms with van der Waals surface area (Å²) in [6.45, 7) is 7.69. The zero-order chi connectivity index (χ0) is 8.15. The molecule has 0 nitrogen and oxygen atoms in total. The van der Waals surface area contributed by atoms with Crippen molar-refractivity contribution in [3.8, 4) is 0 Å². The highest BCUT2D eigenvalue weighted by molar-refractivity contribution is 7.11. The van der Waals surface area contributed by atoms with Crippen LogP contribution < -0.4 is 0 Å². The van der Waals surface area contributed by atoms with Crippen LogP contribution in [0.2, 0.25) is 0 Å². The average molecular weight is 160 g/mol. The largest absolute Gasteiger partial charge is 0.206 e. The van der Waals surface area contributed by atoms with Crippen molar-refractivity contribution >= 4 is 11.3 Å². The fourth-order valence-corrected chi connectivity index (χ4v) is 1.40. The van der Waals surface area contributed by atoms with Gasteiger partial charge in [-0.2, -0.15) is 0 Å². The molecule has 0 aromatic carbocycles. The van der Waals surface area contributed by atoms with Crippen LogP contribution >= 0.6 is 11.3 Å². The van der Waals surface area contributed by atoms with Gasteiger partial charge in [-0.25, -0.2) is 4.39 Å². The molecule has 0 unspecified atom stereocenters. The normalized spacial score (nSPS) is 8.50. The van der Waals surface area contributed by atoms with Crippen molar-refractivity contribution in [2.24, 2.45) is 0 Å². The molecule has 0 N–H and O–H groups in total. The fraction of sp³-hybridized carbons (Fsp3) is 0.500. The first-order valence-corrected chi connectivity index (χ1v) is 4.24. The lowest BCUT2D eigenvalue weighted by atomic mass is 10.4. The van der Waals surface area contributed by atoms with E-state index < -0.39 is 0 Å². The van der Waals surface area contributed by atoms with Crippen LogP contribution in [0.15, 0.2) is 6.07 Å². The van der Waals surface area contributed by atoms with Gasteiger partial charge in [0.15, 0.2) is 0 Å². The minimum absolute atomic E-state index is 0.0764. The van der Waals surface area contributed by atoms with Crippen molar-refractivity contribution in [1.29, 1.82) is 0 Å². The Kier molecular flexibility index (Phi) is 4.28. The number of thiophene rings is 1. The lowest BCUT2D eigenvalue weighted by molar-refractivity contribution is 0.625. The Hall–Kier alpha value is -0.370. The summed E-state index contributed by atoms with van der Waals surface area (Å²) in [5.41, 5.74) is 0. The SMILES string of the molecule is CC.Cc1cc(F)c(C)s1. The molecule has 0 aliphatic heterocycles. The van der Waals surface area contributed by atoms with E-state index in [9.17, 15) is 4.39 Å². The molecule has 10 heavy (non-hydrogen) atoms. The molecule has 0 radical (unpaired) electrons. The quantitative estimate of drug-likeness (QED) is 0.544. The Bertz CT molecular complexity index is 172. The van der Waals surface area contributed by atoms with Crippen molar-refractivity contribution in [2.75, 3.05) is 0 Å². The summed E-state index contributed by atoms with van der Waals surface area (Å²) in [5, 5.41) is 0. The minimum Gasteiger partial charge on any atom is -0.206 e. The number of hydrogen-bond acceptors (Lipinski definition) is 1. The van der Waals surface area contributed by atoms with Crippen molar-refractivity contribution in [3.05, 3.63) is 21.6 Å². The molecule has 0 atom stereocenters. The Morgan fingerprint density at radius 1 is 1.30 bits per heavy atom. The van der Waals surface area contributed by atoms with E-state index in [1.54, 1.807) is 13.0 Å². The first-order valence-electron chi connectivity index (χ1n) is 3.42. The summed E-state index contributed by atoms with van der Waals surface area (Å²) < 4.78 is 12.3. The van der Waals surface area contributed by atoms with E-state index in [4.69, 9.17) is 0 Å². The van der Waals surface area contributed by atoms with Crippen LogP contribution in [0.3, 0.4) is 0 Å². The van der Waals surface area contributed by atoms with Crippen LogP contribution in [0.5, 0.6) is 0 Å². The van der Waals surface area contributed by atoms with Gasteiger partial charge in [-0.15, -0.1) is 11.3 Å². The summed E-state index contributed by atoms with van der Waals surface area (Å²) in [5.74, 6) is -0.0764. The Morgan fingerprint density at radius 2 is 1.80 bits per heavy atom. The molecule has 0 aliphatic carbocycles. The van der Waals surface area contributed by atoms with E-state index >= 15 is 0 Å². The van der Waals surface area contributed by atoms with Crippen molar-refractivity contribution in [3.63, 3.8) is 0 Å². The lowest BCUT2D eigenvalue weighted by Crippen LogP contribution is -1.63. The summed E-state index contributed by atoms with van der Waals surface area (Å²) >= 11 is 1.49. The highest BCUT2D eigenvalue weighted by Gasteiger charge is 1.97. The van der Waals surface area contributed by atoms with Gasteiger partial charge < -0.3 is 0 Å². The molecule has 1 rings (SSSR count). The Labute approximate surface area is 65.7 Å². The molecular formula is C8H13FS. The van der Waals surface area contributed by atoms with Gasteiger partial charge in [0.2, 0.25) is 0 Å². The van der Waals surface area contributed by atoms with E-state index in [2.05, 4.69) is 0 Å². The van der Waals surface area contributed by atoms with E-state index in [-0.39, 0.29) is 5.82 Å². The summed E-state index contributed by atoms with van der Waals surface area (Å²) in [4.78, 5) is 1.82. The third kappa shape index (κ3) is 2.48. The molecule has 0 spiro atoms. The summed E-state index contributed by atoms with van der Waals surface area (Å²) in [6.07, 6.45) is 0. The number of rotatable bonds is 0. The van der Waals surface area contributed by atoms with Gasteiger partial charge in [-0.3, -0.25) is 0 Å². The maximum atomic E-state index is 12.3. The molecule has 0 fully saturated rings. The predicted octanol–water partition coefficient (Wildman–Crippen LogP) is 3.53. The molecule has 1 aromatic rings. The van der Waals surface area contributed by atoms with Crippen molar-refractivity contribution < 1.29 is 4.39 Å². The van der Waals surface area contributed by atoms with Gasteiger partial charge in [0.05, 0.1) is 0 Å². The Morgan fingerprint density at radius 3 is 1.90 bits per heavy atom. The van der Waals surface area contributed by atoms with E-state index in [0.717, 1.165) is 9.75 Å². The van der Waals surface area contributed by atoms with Crippen LogP contribution in [0, 0.1) is 19.7 Å². The molecule has 1 heterocycles. The first kappa shape index (κ1) is 9.63. The van der Waals surface area contributed by atoms with Gasteiger partial charge in [0.1, 0.15) is 5.82 Å². The van der Waals surface area contributed by atoms with Gasteiger partial charge in [0, 0.05) is 9.75 Å². The second-order valence-electron chi connectivity index (χ2n) is 1.76. The van der Waals surface area contributed by atoms with Gasteiger partial charge in [0.25, 0.3) is 0 Å². The van der Waals surface area contributed by atoms with Crippen LogP contribution in [0.1, 0.15) is 23.6 Å². The van der Waals surface area contributed by atoms with E-state index in [1.807, 2.05) is 20.8 Å². The Balaban J connectivity index is 0.000000371. The average Bonchev–Trinajstić information content (AvgIpc) is 2.16. The zero-order valence-electron chi connectivity index (χ0n) is 6.86. The molecule has 0 aliphatic rings. The third-order valence-electron chi connectivity index (χ3n) is 0.980. The number of halogens is 1. The molecule has 58 valence electrons. The highest BCUT2D eigenvalue weighted by Crippen LogP contribution is 2.17. The smallest absolute Gasteiger partial charge is 0.137 e. The van der Waals surface area contributed by atoms with Crippen molar-refractivity contribution in [1.82, 2.24) is 0 Å². The second kappa shape index (κ2) is 4.45. The fourth-order valence-electron chi connectivity index (χ4n) is 0.600. The standard InChI is InChI=1S/C6H7FS.C2H6/c1-4-3-6(7)5(2)8-4;1-2/h3H,1-2H3;1-2H3. The molecule has 0 amide bonds. The number of hydrogen-bond donors (Lipinski definition) is 0. The topological polar surface area (TPSA) is 0 Å². The van der Waals surface area contributed by atoms with Crippen LogP contribution in [-0.2, 0) is 0 Å². The molecular weight excluding hydrogens is 147 g/mol. The van der Waals surface area contributed by atoms with E-state index in [1.165, 1.54) is 11.3 Å². The van der Waals surface area contributed by atoms with Crippen LogP contribution in [0.25, 0.3) is 0 Å². The molecule has 0 bridgehead atoms. The minimum atomic E-state index is -0.0764. The predicted molar refractivity (Wildman–Crippen MR) is 45.1 cm³/mol. The molecule has 0 saturated heterocycles. The molecule has 0 saturated carbocycles.